The Balaban J connectivity index is 1.39. The zero-order valence-electron chi connectivity index (χ0n) is 21.6. The smallest absolute Gasteiger partial charge is 0.343 e. The van der Waals surface area contributed by atoms with Crippen LogP contribution in [0.1, 0.15) is 39.9 Å². The number of fused-ring (bicyclic) bond motifs is 1. The number of rotatable bonds is 8. The highest BCUT2D eigenvalue weighted by atomic mass is 19.1. The fourth-order valence-electron chi connectivity index (χ4n) is 4.42. The number of carbonyl (C=O) groups is 1. The van der Waals surface area contributed by atoms with Crippen LogP contribution in [0.15, 0.2) is 102 Å². The van der Waals surface area contributed by atoms with Gasteiger partial charge in [0, 0.05) is 17.2 Å². The number of carbonyl (C=O) groups excluding carboxylic acids is 1. The average molecular weight is 537 g/mol. The van der Waals surface area contributed by atoms with Gasteiger partial charge in [-0.05, 0) is 61.0 Å². The van der Waals surface area contributed by atoms with Crippen LogP contribution in [0.25, 0.3) is 0 Å². The first-order chi connectivity index (χ1) is 19.5. The van der Waals surface area contributed by atoms with Crippen LogP contribution in [0, 0.1) is 17.1 Å². The first-order valence-electron chi connectivity index (χ1n) is 12.6. The van der Waals surface area contributed by atoms with Crippen molar-refractivity contribution < 1.29 is 28.1 Å². The maximum atomic E-state index is 14.0. The monoisotopic (exact) mass is 536 g/mol. The summed E-state index contributed by atoms with van der Waals surface area (Å²) in [5.41, 5.74) is 8.56. The molecule has 2 N–H and O–H groups in total. The molecule has 200 valence electrons. The van der Waals surface area contributed by atoms with E-state index in [1.807, 2.05) is 13.0 Å². The largest absolute Gasteiger partial charge is 0.494 e. The molecule has 1 aliphatic rings. The Labute approximate surface area is 230 Å². The van der Waals surface area contributed by atoms with E-state index < -0.39 is 11.9 Å². The molecule has 1 unspecified atom stereocenters. The number of nitrogens with two attached hydrogens (primary N) is 1. The molecule has 0 spiro atoms. The Morgan fingerprint density at radius 3 is 2.48 bits per heavy atom. The summed E-state index contributed by atoms with van der Waals surface area (Å²) in [5.74, 6) is 0.280. The first-order valence-corrected chi connectivity index (χ1v) is 12.6. The van der Waals surface area contributed by atoms with E-state index in [-0.39, 0.29) is 29.6 Å². The van der Waals surface area contributed by atoms with Gasteiger partial charge in [0.25, 0.3) is 0 Å². The Morgan fingerprint density at radius 1 is 0.950 bits per heavy atom. The number of esters is 1. The van der Waals surface area contributed by atoms with E-state index in [4.69, 9.17) is 24.7 Å². The maximum absolute atomic E-state index is 14.0. The lowest BCUT2D eigenvalue weighted by Crippen LogP contribution is -2.21. The Bertz CT molecular complexity index is 1630. The number of nitriles is 1. The van der Waals surface area contributed by atoms with Gasteiger partial charge in [0.05, 0.1) is 18.1 Å². The topological polar surface area (TPSA) is 104 Å². The van der Waals surface area contributed by atoms with Crippen LogP contribution in [0.5, 0.6) is 23.0 Å². The molecule has 1 aliphatic heterocycles. The van der Waals surface area contributed by atoms with E-state index >= 15 is 0 Å². The molecule has 0 saturated carbocycles. The van der Waals surface area contributed by atoms with Crippen molar-refractivity contribution in [1.82, 2.24) is 0 Å². The van der Waals surface area contributed by atoms with E-state index in [0.29, 0.717) is 40.5 Å². The fourth-order valence-corrected chi connectivity index (χ4v) is 4.42. The van der Waals surface area contributed by atoms with Gasteiger partial charge in [-0.2, -0.15) is 5.26 Å². The van der Waals surface area contributed by atoms with Gasteiger partial charge in [-0.15, -0.1) is 0 Å². The third-order valence-corrected chi connectivity index (χ3v) is 6.35. The number of halogens is 1. The second-order valence-corrected chi connectivity index (χ2v) is 8.92. The molecule has 0 fully saturated rings. The molecule has 0 saturated heterocycles. The molecule has 7 nitrogen and oxygen atoms in total. The second-order valence-electron chi connectivity index (χ2n) is 8.92. The molecule has 8 heteroatoms. The van der Waals surface area contributed by atoms with Crippen molar-refractivity contribution in [2.24, 2.45) is 5.73 Å². The predicted octanol–water partition coefficient (Wildman–Crippen LogP) is 6.24. The Hall–Kier alpha value is -5.29. The molecular weight excluding hydrogens is 511 g/mol. The zero-order chi connectivity index (χ0) is 28.1. The van der Waals surface area contributed by atoms with Crippen LogP contribution < -0.4 is 24.7 Å². The molecular formula is C32H25FN2O5. The lowest BCUT2D eigenvalue weighted by atomic mass is 9.83. The zero-order valence-corrected chi connectivity index (χ0v) is 21.6. The molecule has 1 atom stereocenters. The van der Waals surface area contributed by atoms with Crippen molar-refractivity contribution in [3.8, 4) is 29.1 Å². The van der Waals surface area contributed by atoms with Crippen molar-refractivity contribution in [2.45, 2.75) is 19.4 Å². The molecule has 0 bridgehead atoms. The summed E-state index contributed by atoms with van der Waals surface area (Å²) in [7, 11) is 0. The molecule has 0 aliphatic carbocycles. The minimum absolute atomic E-state index is 0.0483. The van der Waals surface area contributed by atoms with Crippen LogP contribution in [0.4, 0.5) is 4.39 Å². The summed E-state index contributed by atoms with van der Waals surface area (Å²) in [6.45, 7) is 2.45. The van der Waals surface area contributed by atoms with E-state index in [0.717, 1.165) is 5.56 Å². The van der Waals surface area contributed by atoms with Crippen molar-refractivity contribution in [2.75, 3.05) is 6.61 Å². The summed E-state index contributed by atoms with van der Waals surface area (Å²) in [6, 6.07) is 27.3. The number of hydrogen-bond donors (Lipinski definition) is 1. The summed E-state index contributed by atoms with van der Waals surface area (Å²) < 4.78 is 36.6. The van der Waals surface area contributed by atoms with E-state index in [2.05, 4.69) is 6.07 Å². The van der Waals surface area contributed by atoms with Gasteiger partial charge in [0.1, 0.15) is 47.1 Å². The van der Waals surface area contributed by atoms with Crippen LogP contribution in [-0.2, 0) is 6.61 Å². The van der Waals surface area contributed by atoms with Crippen molar-refractivity contribution in [3.63, 3.8) is 0 Å². The highest BCUT2D eigenvalue weighted by Crippen LogP contribution is 2.44. The van der Waals surface area contributed by atoms with Crippen LogP contribution in [0.3, 0.4) is 0 Å². The van der Waals surface area contributed by atoms with Crippen molar-refractivity contribution in [3.05, 3.63) is 131 Å². The third-order valence-electron chi connectivity index (χ3n) is 6.35. The fraction of sp³-hybridized carbons (Fsp3) is 0.125. The van der Waals surface area contributed by atoms with Crippen LogP contribution in [0.2, 0.25) is 0 Å². The van der Waals surface area contributed by atoms with Crippen LogP contribution >= 0.6 is 0 Å². The number of benzene rings is 4. The second kappa shape index (κ2) is 11.6. The lowest BCUT2D eigenvalue weighted by Gasteiger charge is -2.27. The molecule has 1 heterocycles. The van der Waals surface area contributed by atoms with E-state index in [9.17, 15) is 14.4 Å². The van der Waals surface area contributed by atoms with Gasteiger partial charge in [-0.1, -0.05) is 36.4 Å². The minimum atomic E-state index is -0.554. The molecule has 40 heavy (non-hydrogen) atoms. The highest BCUT2D eigenvalue weighted by molar-refractivity contribution is 5.91. The molecule has 4 aromatic carbocycles. The Morgan fingerprint density at radius 2 is 1.73 bits per heavy atom. The summed E-state index contributed by atoms with van der Waals surface area (Å²) >= 11 is 0. The highest BCUT2D eigenvalue weighted by Gasteiger charge is 2.31. The number of ether oxygens (including phenoxy) is 4. The number of nitrogens with zero attached hydrogens (tertiary/aromatic N) is 1. The van der Waals surface area contributed by atoms with Gasteiger partial charge in [-0.25, -0.2) is 9.18 Å². The Kier molecular flexibility index (Phi) is 7.65. The van der Waals surface area contributed by atoms with E-state index in [1.54, 1.807) is 78.9 Å². The molecule has 0 aromatic heterocycles. The normalized spacial score (nSPS) is 14.0. The maximum Gasteiger partial charge on any atom is 0.343 e. The standard InChI is InChI=1S/C32H25FN2O5/c1-2-37-23-12-10-20(11-13-23)32(36)39-25-14-15-26-29(17-25)40-31(35)27(18-34)30(26)21-7-5-8-24(16-21)38-19-22-6-3-4-9-28(22)33/h3-17,30H,2,19,35H2,1H3. The van der Waals surface area contributed by atoms with Gasteiger partial charge in [-0.3, -0.25) is 0 Å². The molecule has 5 rings (SSSR count). The van der Waals surface area contributed by atoms with Gasteiger partial charge >= 0.3 is 5.97 Å². The summed E-state index contributed by atoms with van der Waals surface area (Å²) in [5, 5.41) is 9.90. The van der Waals surface area contributed by atoms with Gasteiger partial charge < -0.3 is 24.7 Å². The van der Waals surface area contributed by atoms with Gasteiger partial charge in [0.15, 0.2) is 0 Å². The van der Waals surface area contributed by atoms with Crippen molar-refractivity contribution >= 4 is 5.97 Å². The van der Waals surface area contributed by atoms with Gasteiger partial charge in [0.2, 0.25) is 5.88 Å². The van der Waals surface area contributed by atoms with Crippen molar-refractivity contribution in [1.29, 1.82) is 5.26 Å². The van der Waals surface area contributed by atoms with Crippen LogP contribution in [-0.4, -0.2) is 12.6 Å². The molecule has 4 aromatic rings. The minimum Gasteiger partial charge on any atom is -0.494 e. The van der Waals surface area contributed by atoms with E-state index in [1.165, 1.54) is 6.07 Å². The summed E-state index contributed by atoms with van der Waals surface area (Å²) in [6.07, 6.45) is 0. The molecule has 0 amide bonds. The molecule has 0 radical (unpaired) electrons. The number of hydrogen-bond acceptors (Lipinski definition) is 7. The SMILES string of the molecule is CCOc1ccc(C(=O)Oc2ccc3c(c2)OC(N)=C(C#N)C3c2cccc(OCc3ccccc3F)c2)cc1. The predicted molar refractivity (Wildman–Crippen MR) is 145 cm³/mol. The third kappa shape index (κ3) is 5.59. The average Bonchev–Trinajstić information content (AvgIpc) is 2.96. The lowest BCUT2D eigenvalue weighted by molar-refractivity contribution is 0.0734. The quantitative estimate of drug-likeness (QED) is 0.210. The summed E-state index contributed by atoms with van der Waals surface area (Å²) in [4.78, 5) is 12.7. The number of allylic oxidation sites excluding steroid dienone is 1. The first kappa shape index (κ1) is 26.3.